The fourth-order valence-corrected chi connectivity index (χ4v) is 1.86. The first-order valence-electron chi connectivity index (χ1n) is 5.87. The smallest absolute Gasteiger partial charge is 0.169 e. The van der Waals surface area contributed by atoms with Gasteiger partial charge in [-0.05, 0) is 42.3 Å². The predicted octanol–water partition coefficient (Wildman–Crippen LogP) is 3.41. The van der Waals surface area contributed by atoms with E-state index >= 15 is 0 Å². The lowest BCUT2D eigenvalue weighted by Gasteiger charge is -2.11. The van der Waals surface area contributed by atoms with E-state index in [9.17, 15) is 14.3 Å². The van der Waals surface area contributed by atoms with E-state index in [2.05, 4.69) is 0 Å². The molecule has 3 nitrogen and oxygen atoms in total. The van der Waals surface area contributed by atoms with Crippen molar-refractivity contribution in [2.45, 2.75) is 6.92 Å². The summed E-state index contributed by atoms with van der Waals surface area (Å²) in [5.41, 5.74) is 1.33. The van der Waals surface area contributed by atoms with Crippen LogP contribution in [-0.2, 0) is 0 Å². The second-order valence-corrected chi connectivity index (χ2v) is 3.93. The number of ether oxygens (including phenoxy) is 1. The maximum atomic E-state index is 12.9. The van der Waals surface area contributed by atoms with Crippen molar-refractivity contribution >= 4 is 6.29 Å². The summed E-state index contributed by atoms with van der Waals surface area (Å²) in [5.74, 6) is -0.291. The highest BCUT2D eigenvalue weighted by Gasteiger charge is 2.14. The lowest BCUT2D eigenvalue weighted by Crippen LogP contribution is -1.96. The maximum Gasteiger partial charge on any atom is 0.169 e. The van der Waals surface area contributed by atoms with E-state index in [0.29, 0.717) is 24.0 Å². The molecule has 0 spiro atoms. The highest BCUT2D eigenvalue weighted by molar-refractivity contribution is 5.92. The van der Waals surface area contributed by atoms with Crippen molar-refractivity contribution in [3.05, 3.63) is 47.8 Å². The number of halogens is 1. The SMILES string of the molecule is CCOc1ccc(-c2ccc(F)cc2)c(C=O)c1O. The van der Waals surface area contributed by atoms with Crippen molar-refractivity contribution in [3.8, 4) is 22.6 Å². The van der Waals surface area contributed by atoms with E-state index in [1.54, 1.807) is 31.2 Å². The summed E-state index contributed by atoms with van der Waals surface area (Å²) in [5, 5.41) is 9.99. The van der Waals surface area contributed by atoms with Gasteiger partial charge >= 0.3 is 0 Å². The molecular formula is C15H13FO3. The normalized spacial score (nSPS) is 10.2. The molecule has 0 saturated carbocycles. The van der Waals surface area contributed by atoms with Crippen LogP contribution in [-0.4, -0.2) is 18.0 Å². The molecule has 2 aromatic carbocycles. The van der Waals surface area contributed by atoms with Crippen molar-refractivity contribution in [2.24, 2.45) is 0 Å². The highest BCUT2D eigenvalue weighted by Crippen LogP contribution is 2.36. The van der Waals surface area contributed by atoms with Crippen molar-refractivity contribution in [3.63, 3.8) is 0 Å². The number of benzene rings is 2. The van der Waals surface area contributed by atoms with Crippen LogP contribution in [0, 0.1) is 5.82 Å². The summed E-state index contributed by atoms with van der Waals surface area (Å²) in [7, 11) is 0. The number of hydrogen-bond acceptors (Lipinski definition) is 3. The third-order valence-corrected chi connectivity index (χ3v) is 2.75. The van der Waals surface area contributed by atoms with E-state index in [-0.39, 0.29) is 22.9 Å². The number of rotatable bonds is 4. The molecule has 2 aromatic rings. The molecule has 0 aliphatic rings. The number of hydrogen-bond donors (Lipinski definition) is 1. The third-order valence-electron chi connectivity index (χ3n) is 2.75. The van der Waals surface area contributed by atoms with E-state index in [0.717, 1.165) is 0 Å². The Kier molecular flexibility index (Phi) is 3.80. The number of phenolic OH excluding ortho intramolecular Hbond substituents is 1. The zero-order valence-electron chi connectivity index (χ0n) is 10.4. The Bertz CT molecular complexity index is 591. The minimum Gasteiger partial charge on any atom is -0.504 e. The summed E-state index contributed by atoms with van der Waals surface area (Å²) in [6.07, 6.45) is 0.566. The zero-order valence-corrected chi connectivity index (χ0v) is 10.4. The van der Waals surface area contributed by atoms with Gasteiger partial charge in [0, 0.05) is 0 Å². The van der Waals surface area contributed by atoms with Gasteiger partial charge in [0.05, 0.1) is 12.2 Å². The minimum atomic E-state index is -0.355. The highest BCUT2D eigenvalue weighted by atomic mass is 19.1. The van der Waals surface area contributed by atoms with Crippen LogP contribution < -0.4 is 4.74 Å². The molecule has 4 heteroatoms. The van der Waals surface area contributed by atoms with Gasteiger partial charge in [-0.2, -0.15) is 0 Å². The molecule has 0 aliphatic carbocycles. The topological polar surface area (TPSA) is 46.5 Å². The fourth-order valence-electron chi connectivity index (χ4n) is 1.86. The maximum absolute atomic E-state index is 12.9. The van der Waals surface area contributed by atoms with Crippen LogP contribution in [0.15, 0.2) is 36.4 Å². The van der Waals surface area contributed by atoms with Crippen molar-refractivity contribution in [1.29, 1.82) is 0 Å². The third kappa shape index (κ3) is 2.57. The summed E-state index contributed by atoms with van der Waals surface area (Å²) in [6.45, 7) is 2.18. The van der Waals surface area contributed by atoms with Crippen molar-refractivity contribution in [2.75, 3.05) is 6.61 Å². The Morgan fingerprint density at radius 1 is 1.21 bits per heavy atom. The molecule has 0 unspecified atom stereocenters. The van der Waals surface area contributed by atoms with Gasteiger partial charge in [0.25, 0.3) is 0 Å². The first-order chi connectivity index (χ1) is 9.17. The second-order valence-electron chi connectivity index (χ2n) is 3.93. The van der Waals surface area contributed by atoms with Crippen molar-refractivity contribution in [1.82, 2.24) is 0 Å². The van der Waals surface area contributed by atoms with Gasteiger partial charge in [0.1, 0.15) is 5.82 Å². The predicted molar refractivity (Wildman–Crippen MR) is 70.1 cm³/mol. The van der Waals surface area contributed by atoms with Crippen LogP contribution in [0.4, 0.5) is 4.39 Å². The summed E-state index contributed by atoms with van der Waals surface area (Å²) >= 11 is 0. The van der Waals surface area contributed by atoms with Gasteiger partial charge in [-0.25, -0.2) is 4.39 Å². The van der Waals surface area contributed by atoms with Crippen LogP contribution in [0.5, 0.6) is 11.5 Å². The molecule has 98 valence electrons. The molecular weight excluding hydrogens is 247 g/mol. The average Bonchev–Trinajstić information content (AvgIpc) is 2.42. The van der Waals surface area contributed by atoms with Gasteiger partial charge in [-0.15, -0.1) is 0 Å². The first kappa shape index (κ1) is 13.1. The average molecular weight is 260 g/mol. The van der Waals surface area contributed by atoms with Gasteiger partial charge in [0.2, 0.25) is 0 Å². The van der Waals surface area contributed by atoms with Crippen LogP contribution in [0.25, 0.3) is 11.1 Å². The zero-order chi connectivity index (χ0) is 13.8. The van der Waals surface area contributed by atoms with E-state index in [4.69, 9.17) is 4.74 Å². The Labute approximate surface area is 110 Å². The monoisotopic (exact) mass is 260 g/mol. The van der Waals surface area contributed by atoms with Crippen LogP contribution >= 0.6 is 0 Å². The van der Waals surface area contributed by atoms with Gasteiger partial charge in [0.15, 0.2) is 17.8 Å². The Morgan fingerprint density at radius 3 is 2.47 bits per heavy atom. The van der Waals surface area contributed by atoms with Crippen LogP contribution in [0.2, 0.25) is 0 Å². The number of aromatic hydroxyl groups is 1. The number of aldehydes is 1. The molecule has 19 heavy (non-hydrogen) atoms. The first-order valence-corrected chi connectivity index (χ1v) is 5.87. The molecule has 2 rings (SSSR count). The van der Waals surface area contributed by atoms with E-state index in [1.807, 2.05) is 0 Å². The molecule has 0 radical (unpaired) electrons. The van der Waals surface area contributed by atoms with E-state index in [1.165, 1.54) is 12.1 Å². The summed E-state index contributed by atoms with van der Waals surface area (Å²) in [4.78, 5) is 11.2. The molecule has 0 bridgehead atoms. The molecule has 0 atom stereocenters. The summed E-state index contributed by atoms with van der Waals surface area (Å²) < 4.78 is 18.1. The Balaban J connectivity index is 2.55. The van der Waals surface area contributed by atoms with Crippen molar-refractivity contribution < 1.29 is 19.0 Å². The summed E-state index contributed by atoms with van der Waals surface area (Å²) in [6, 6.07) is 8.97. The standard InChI is InChI=1S/C15H13FO3/c1-2-19-14-8-7-12(13(9-17)15(14)18)10-3-5-11(16)6-4-10/h3-9,18H,2H2,1H3. The minimum absolute atomic E-state index is 0.137. The van der Waals surface area contributed by atoms with Gasteiger partial charge in [-0.1, -0.05) is 12.1 Å². The van der Waals surface area contributed by atoms with Crippen LogP contribution in [0.1, 0.15) is 17.3 Å². The number of carbonyl (C=O) groups is 1. The molecule has 0 aromatic heterocycles. The number of phenols is 1. The molecule has 0 fully saturated rings. The van der Waals surface area contributed by atoms with Crippen LogP contribution in [0.3, 0.4) is 0 Å². The second kappa shape index (κ2) is 5.52. The number of carbonyl (C=O) groups excluding carboxylic acids is 1. The fraction of sp³-hybridized carbons (Fsp3) is 0.133. The molecule has 0 saturated heterocycles. The quantitative estimate of drug-likeness (QED) is 0.857. The molecule has 1 N–H and O–H groups in total. The van der Waals surface area contributed by atoms with Gasteiger partial charge < -0.3 is 9.84 Å². The Morgan fingerprint density at radius 2 is 1.89 bits per heavy atom. The Hall–Kier alpha value is -2.36. The molecule has 0 amide bonds. The van der Waals surface area contributed by atoms with E-state index < -0.39 is 0 Å². The lowest BCUT2D eigenvalue weighted by molar-refractivity contribution is 0.112. The van der Waals surface area contributed by atoms with Gasteiger partial charge in [-0.3, -0.25) is 4.79 Å². The molecule has 0 heterocycles. The largest absolute Gasteiger partial charge is 0.504 e. The lowest BCUT2D eigenvalue weighted by atomic mass is 9.99. The molecule has 0 aliphatic heterocycles.